The van der Waals surface area contributed by atoms with Crippen molar-refractivity contribution in [2.75, 3.05) is 5.32 Å². The van der Waals surface area contributed by atoms with Crippen LogP contribution in [-0.4, -0.2) is 11.1 Å². The van der Waals surface area contributed by atoms with Gasteiger partial charge in [0.15, 0.2) is 5.69 Å². The Hall–Kier alpha value is -1.62. The monoisotopic (exact) mass is 334 g/mol. The van der Waals surface area contributed by atoms with Gasteiger partial charge in [-0.1, -0.05) is 28.0 Å². The molecule has 1 atom stereocenters. The first kappa shape index (κ1) is 13.4. The van der Waals surface area contributed by atoms with E-state index in [-0.39, 0.29) is 5.91 Å². The molecule has 0 unspecified atom stereocenters. The summed E-state index contributed by atoms with van der Waals surface area (Å²) in [5.41, 5.74) is 2.15. The van der Waals surface area contributed by atoms with E-state index < -0.39 is 0 Å². The Labute approximate surface area is 125 Å². The van der Waals surface area contributed by atoms with Gasteiger partial charge in [-0.15, -0.1) is 0 Å². The van der Waals surface area contributed by atoms with Gasteiger partial charge in [0.25, 0.3) is 5.91 Å². The Bertz CT molecular complexity index is 634. The predicted octanol–water partition coefficient (Wildman–Crippen LogP) is 3.81. The number of halogens is 1. The second-order valence-corrected chi connectivity index (χ2v) is 6.16. The molecule has 1 aliphatic carbocycles. The highest BCUT2D eigenvalue weighted by atomic mass is 79.9. The highest BCUT2D eigenvalue weighted by Gasteiger charge is 2.26. The Morgan fingerprint density at radius 3 is 2.90 bits per heavy atom. The SMILES string of the molecule is C[C@@H]1CCc2onc(C(=O)Nc3ccc(Br)cc3)c2C1. The molecule has 0 radical (unpaired) electrons. The van der Waals surface area contributed by atoms with E-state index in [0.29, 0.717) is 11.6 Å². The molecule has 1 aliphatic rings. The van der Waals surface area contributed by atoms with E-state index in [9.17, 15) is 4.79 Å². The Morgan fingerprint density at radius 2 is 2.15 bits per heavy atom. The third kappa shape index (κ3) is 2.63. The van der Waals surface area contributed by atoms with E-state index in [2.05, 4.69) is 33.3 Å². The summed E-state index contributed by atoms with van der Waals surface area (Å²) in [7, 11) is 0. The summed E-state index contributed by atoms with van der Waals surface area (Å²) in [6, 6.07) is 7.46. The molecule has 4 nitrogen and oxygen atoms in total. The van der Waals surface area contributed by atoms with Crippen molar-refractivity contribution in [1.29, 1.82) is 0 Å². The molecule has 0 saturated carbocycles. The maximum Gasteiger partial charge on any atom is 0.278 e. The van der Waals surface area contributed by atoms with Gasteiger partial charge < -0.3 is 9.84 Å². The molecule has 0 fully saturated rings. The normalized spacial score (nSPS) is 17.6. The molecule has 0 saturated heterocycles. The minimum atomic E-state index is -0.202. The summed E-state index contributed by atoms with van der Waals surface area (Å²) in [6.45, 7) is 2.19. The molecule has 104 valence electrons. The molecule has 0 aliphatic heterocycles. The van der Waals surface area contributed by atoms with Gasteiger partial charge in [0.2, 0.25) is 0 Å². The van der Waals surface area contributed by atoms with Crippen molar-refractivity contribution in [2.45, 2.75) is 26.2 Å². The minimum absolute atomic E-state index is 0.202. The first-order valence-electron chi connectivity index (χ1n) is 6.68. The highest BCUT2D eigenvalue weighted by Crippen LogP contribution is 2.28. The van der Waals surface area contributed by atoms with Crippen LogP contribution in [0.15, 0.2) is 33.3 Å². The number of hydrogen-bond acceptors (Lipinski definition) is 3. The van der Waals surface area contributed by atoms with E-state index in [4.69, 9.17) is 4.52 Å². The number of anilines is 1. The second-order valence-electron chi connectivity index (χ2n) is 5.24. The molecular formula is C15H15BrN2O2. The van der Waals surface area contributed by atoms with Crippen molar-refractivity contribution in [3.05, 3.63) is 45.8 Å². The number of carbonyl (C=O) groups is 1. The quantitative estimate of drug-likeness (QED) is 0.908. The molecule has 0 bridgehead atoms. The standard InChI is InChI=1S/C15H15BrN2O2/c1-9-2-7-13-12(8-9)14(18-20-13)15(19)17-11-5-3-10(16)4-6-11/h3-6,9H,2,7-8H2,1H3,(H,17,19)/t9-/m1/s1. The number of aryl methyl sites for hydroxylation is 1. The van der Waals surface area contributed by atoms with Crippen LogP contribution < -0.4 is 5.32 Å². The lowest BCUT2D eigenvalue weighted by Crippen LogP contribution is -2.17. The minimum Gasteiger partial charge on any atom is -0.360 e. The number of rotatable bonds is 2. The molecule has 0 spiro atoms. The van der Waals surface area contributed by atoms with Crippen LogP contribution >= 0.6 is 15.9 Å². The molecule has 1 aromatic heterocycles. The van der Waals surface area contributed by atoms with Gasteiger partial charge in [-0.2, -0.15) is 0 Å². The van der Waals surface area contributed by atoms with Crippen LogP contribution in [0.1, 0.15) is 35.2 Å². The van der Waals surface area contributed by atoms with Crippen molar-refractivity contribution in [3.8, 4) is 0 Å². The Kier molecular flexibility index (Phi) is 3.61. The van der Waals surface area contributed by atoms with Crippen LogP contribution in [0, 0.1) is 5.92 Å². The molecule has 1 aromatic carbocycles. The number of fused-ring (bicyclic) bond motifs is 1. The van der Waals surface area contributed by atoms with Gasteiger partial charge in [0, 0.05) is 22.1 Å². The molecule has 2 aromatic rings. The van der Waals surface area contributed by atoms with Gasteiger partial charge in [0.05, 0.1) is 0 Å². The fraction of sp³-hybridized carbons (Fsp3) is 0.333. The number of benzene rings is 1. The van der Waals surface area contributed by atoms with Gasteiger partial charge in [0.1, 0.15) is 5.76 Å². The predicted molar refractivity (Wildman–Crippen MR) is 79.8 cm³/mol. The summed E-state index contributed by atoms with van der Waals surface area (Å²) in [4.78, 5) is 12.3. The molecule has 20 heavy (non-hydrogen) atoms. The van der Waals surface area contributed by atoms with Crippen molar-refractivity contribution >= 4 is 27.5 Å². The molecular weight excluding hydrogens is 320 g/mol. The topological polar surface area (TPSA) is 55.1 Å². The summed E-state index contributed by atoms with van der Waals surface area (Å²) >= 11 is 3.37. The average Bonchev–Trinajstić information content (AvgIpc) is 2.84. The van der Waals surface area contributed by atoms with Gasteiger partial charge in [-0.05, 0) is 43.0 Å². The average molecular weight is 335 g/mol. The number of hydrogen-bond donors (Lipinski definition) is 1. The Balaban J connectivity index is 1.81. The smallest absolute Gasteiger partial charge is 0.278 e. The van der Waals surface area contributed by atoms with Crippen LogP contribution in [0.3, 0.4) is 0 Å². The van der Waals surface area contributed by atoms with Crippen molar-refractivity contribution in [3.63, 3.8) is 0 Å². The van der Waals surface area contributed by atoms with Gasteiger partial charge >= 0.3 is 0 Å². The number of nitrogens with zero attached hydrogens (tertiary/aromatic N) is 1. The first-order chi connectivity index (χ1) is 9.63. The van der Waals surface area contributed by atoms with Gasteiger partial charge in [-0.25, -0.2) is 0 Å². The molecule has 1 N–H and O–H groups in total. The third-order valence-corrected chi connectivity index (χ3v) is 4.13. The second kappa shape index (κ2) is 5.40. The first-order valence-corrected chi connectivity index (χ1v) is 7.47. The van der Waals surface area contributed by atoms with Crippen molar-refractivity contribution < 1.29 is 9.32 Å². The van der Waals surface area contributed by atoms with Crippen LogP contribution in [0.2, 0.25) is 0 Å². The third-order valence-electron chi connectivity index (χ3n) is 3.60. The molecule has 3 rings (SSSR count). The molecule has 5 heteroatoms. The summed E-state index contributed by atoms with van der Waals surface area (Å²) in [5.74, 6) is 1.23. The van der Waals surface area contributed by atoms with E-state index in [1.54, 1.807) is 0 Å². The fourth-order valence-electron chi connectivity index (χ4n) is 2.48. The van der Waals surface area contributed by atoms with Crippen LogP contribution in [0.4, 0.5) is 5.69 Å². The van der Waals surface area contributed by atoms with Crippen molar-refractivity contribution in [2.24, 2.45) is 5.92 Å². The van der Waals surface area contributed by atoms with E-state index in [0.717, 1.165) is 40.7 Å². The maximum absolute atomic E-state index is 12.3. The summed E-state index contributed by atoms with van der Waals surface area (Å²) < 4.78 is 6.27. The van der Waals surface area contributed by atoms with Crippen LogP contribution in [0.5, 0.6) is 0 Å². The highest BCUT2D eigenvalue weighted by molar-refractivity contribution is 9.10. The van der Waals surface area contributed by atoms with Gasteiger partial charge in [-0.3, -0.25) is 4.79 Å². The van der Waals surface area contributed by atoms with Crippen LogP contribution in [-0.2, 0) is 12.8 Å². The number of carbonyl (C=O) groups excluding carboxylic acids is 1. The molecule has 1 heterocycles. The summed E-state index contributed by atoms with van der Waals surface area (Å²) in [6.07, 6.45) is 2.83. The number of aromatic nitrogens is 1. The zero-order chi connectivity index (χ0) is 14.1. The largest absolute Gasteiger partial charge is 0.360 e. The van der Waals surface area contributed by atoms with E-state index in [1.165, 1.54) is 0 Å². The number of amides is 1. The lowest BCUT2D eigenvalue weighted by atomic mass is 9.88. The van der Waals surface area contributed by atoms with Crippen LogP contribution in [0.25, 0.3) is 0 Å². The summed E-state index contributed by atoms with van der Waals surface area (Å²) in [5, 5.41) is 6.80. The van der Waals surface area contributed by atoms with E-state index in [1.807, 2.05) is 24.3 Å². The Morgan fingerprint density at radius 1 is 1.40 bits per heavy atom. The maximum atomic E-state index is 12.3. The van der Waals surface area contributed by atoms with Crippen molar-refractivity contribution in [1.82, 2.24) is 5.16 Å². The zero-order valence-corrected chi connectivity index (χ0v) is 12.7. The lowest BCUT2D eigenvalue weighted by Gasteiger charge is -2.16. The lowest BCUT2D eigenvalue weighted by molar-refractivity contribution is 0.101. The number of nitrogens with one attached hydrogen (secondary N) is 1. The zero-order valence-electron chi connectivity index (χ0n) is 11.1. The van der Waals surface area contributed by atoms with E-state index >= 15 is 0 Å². The fourth-order valence-corrected chi connectivity index (χ4v) is 2.74. The molecule has 1 amide bonds.